The number of carbonyl (C=O) groups is 1. The van der Waals surface area contributed by atoms with E-state index < -0.39 is 0 Å². The van der Waals surface area contributed by atoms with E-state index in [0.717, 1.165) is 0 Å². The third-order valence-electron chi connectivity index (χ3n) is 2.45. The third-order valence-corrected chi connectivity index (χ3v) is 2.45. The van der Waals surface area contributed by atoms with E-state index in [1.54, 1.807) is 43.6 Å². The van der Waals surface area contributed by atoms with Gasteiger partial charge in [-0.15, -0.1) is 0 Å². The number of nitrogen functional groups attached to an aromatic ring is 1. The number of carbonyl (C=O) groups excluding carboxylic acids is 1. The minimum atomic E-state index is -0.183. The molecule has 18 heavy (non-hydrogen) atoms. The van der Waals surface area contributed by atoms with E-state index in [2.05, 4.69) is 5.32 Å². The molecule has 0 saturated carbocycles. The molecule has 1 amide bonds. The zero-order valence-corrected chi connectivity index (χ0v) is 9.97. The van der Waals surface area contributed by atoms with Gasteiger partial charge in [0.05, 0.1) is 12.0 Å². The first-order chi connectivity index (χ1) is 8.70. The van der Waals surface area contributed by atoms with E-state index >= 15 is 0 Å². The summed E-state index contributed by atoms with van der Waals surface area (Å²) in [4.78, 5) is 11.5. The van der Waals surface area contributed by atoms with Crippen LogP contribution in [-0.4, -0.2) is 13.0 Å². The van der Waals surface area contributed by atoms with Crippen molar-refractivity contribution in [3.8, 4) is 5.75 Å². The Balaban J connectivity index is 2.13. The van der Waals surface area contributed by atoms with Gasteiger partial charge >= 0.3 is 0 Å². The molecule has 0 spiro atoms. The molecule has 0 radical (unpaired) electrons. The predicted molar refractivity (Wildman–Crippen MR) is 67.3 cm³/mol. The molecule has 5 nitrogen and oxygen atoms in total. The van der Waals surface area contributed by atoms with Crippen molar-refractivity contribution in [3.63, 3.8) is 0 Å². The van der Waals surface area contributed by atoms with Crippen molar-refractivity contribution < 1.29 is 13.9 Å². The Morgan fingerprint density at radius 1 is 1.44 bits per heavy atom. The van der Waals surface area contributed by atoms with Crippen molar-refractivity contribution in [1.82, 2.24) is 5.32 Å². The Morgan fingerprint density at radius 2 is 2.28 bits per heavy atom. The van der Waals surface area contributed by atoms with Crippen LogP contribution in [0.25, 0.3) is 0 Å². The molecule has 94 valence electrons. The van der Waals surface area contributed by atoms with Crippen LogP contribution in [0.2, 0.25) is 0 Å². The molecule has 1 heterocycles. The molecule has 2 rings (SSSR count). The summed E-state index contributed by atoms with van der Waals surface area (Å²) in [6.07, 6.45) is 1.57. The van der Waals surface area contributed by atoms with Crippen LogP contribution in [0.15, 0.2) is 41.0 Å². The molecule has 1 aromatic carbocycles. The Kier molecular flexibility index (Phi) is 3.52. The number of nitrogens with two attached hydrogens (primary N) is 1. The van der Waals surface area contributed by atoms with Crippen LogP contribution in [0.5, 0.6) is 5.75 Å². The number of rotatable bonds is 4. The average molecular weight is 246 g/mol. The Labute approximate surface area is 105 Å². The Bertz CT molecular complexity index is 535. The zero-order chi connectivity index (χ0) is 13.0. The molecule has 0 unspecified atom stereocenters. The van der Waals surface area contributed by atoms with Crippen LogP contribution >= 0.6 is 0 Å². The van der Waals surface area contributed by atoms with E-state index in [1.807, 2.05) is 0 Å². The third kappa shape index (κ3) is 2.63. The van der Waals surface area contributed by atoms with Gasteiger partial charge in [-0.3, -0.25) is 4.79 Å². The Morgan fingerprint density at radius 3 is 2.94 bits per heavy atom. The molecule has 2 aromatic rings. The minimum absolute atomic E-state index is 0.183. The smallest absolute Gasteiger partial charge is 0.251 e. The molecular formula is C13H14N2O3. The van der Waals surface area contributed by atoms with Crippen LogP contribution < -0.4 is 15.8 Å². The molecule has 3 N–H and O–H groups in total. The number of amides is 1. The zero-order valence-electron chi connectivity index (χ0n) is 9.97. The molecule has 0 aliphatic heterocycles. The minimum Gasteiger partial charge on any atom is -0.483 e. The second-order valence-electron chi connectivity index (χ2n) is 3.70. The maximum atomic E-state index is 11.5. The molecule has 0 aliphatic carbocycles. The summed E-state index contributed by atoms with van der Waals surface area (Å²) in [5, 5.41) is 2.54. The quantitative estimate of drug-likeness (QED) is 0.806. The van der Waals surface area contributed by atoms with Gasteiger partial charge < -0.3 is 20.2 Å². The molecule has 0 saturated heterocycles. The fraction of sp³-hybridized carbons (Fsp3) is 0.154. The summed E-state index contributed by atoms with van der Waals surface area (Å²) < 4.78 is 10.7. The summed E-state index contributed by atoms with van der Waals surface area (Å²) in [5.41, 5.74) is 6.76. The van der Waals surface area contributed by atoms with Crippen molar-refractivity contribution in [3.05, 3.63) is 47.9 Å². The Hall–Kier alpha value is -2.43. The van der Waals surface area contributed by atoms with E-state index in [1.165, 1.54) is 0 Å². The first kappa shape index (κ1) is 12.0. The highest BCUT2D eigenvalue weighted by Gasteiger charge is 2.08. The molecular weight excluding hydrogens is 232 g/mol. The number of furan rings is 1. The lowest BCUT2D eigenvalue weighted by Crippen LogP contribution is -2.17. The normalized spacial score (nSPS) is 10.1. The van der Waals surface area contributed by atoms with Gasteiger partial charge in [0.15, 0.2) is 0 Å². The molecule has 0 bridgehead atoms. The highest BCUT2D eigenvalue weighted by atomic mass is 16.5. The van der Waals surface area contributed by atoms with Crippen LogP contribution in [0.3, 0.4) is 0 Å². The second-order valence-corrected chi connectivity index (χ2v) is 3.70. The van der Waals surface area contributed by atoms with Crippen molar-refractivity contribution in [2.24, 2.45) is 0 Å². The van der Waals surface area contributed by atoms with E-state index in [-0.39, 0.29) is 12.5 Å². The van der Waals surface area contributed by atoms with Crippen LogP contribution in [0.1, 0.15) is 16.1 Å². The van der Waals surface area contributed by atoms with E-state index in [9.17, 15) is 4.79 Å². The number of anilines is 1. The number of hydrogen-bond acceptors (Lipinski definition) is 4. The van der Waals surface area contributed by atoms with Crippen molar-refractivity contribution in [2.75, 3.05) is 12.8 Å². The average Bonchev–Trinajstić information content (AvgIpc) is 2.90. The maximum Gasteiger partial charge on any atom is 0.251 e. The largest absolute Gasteiger partial charge is 0.483 e. The molecule has 1 aromatic heterocycles. The van der Waals surface area contributed by atoms with Crippen LogP contribution in [0.4, 0.5) is 5.69 Å². The summed E-state index contributed by atoms with van der Waals surface area (Å²) in [7, 11) is 1.57. The molecule has 5 heteroatoms. The fourth-order valence-corrected chi connectivity index (χ4v) is 1.49. The molecule has 0 aliphatic rings. The van der Waals surface area contributed by atoms with Gasteiger partial charge in [0, 0.05) is 12.6 Å². The summed E-state index contributed by atoms with van der Waals surface area (Å²) in [6.45, 7) is 0.272. The highest BCUT2D eigenvalue weighted by molar-refractivity contribution is 5.95. The van der Waals surface area contributed by atoms with Crippen molar-refractivity contribution in [2.45, 2.75) is 6.61 Å². The van der Waals surface area contributed by atoms with Gasteiger partial charge in [-0.05, 0) is 30.3 Å². The topological polar surface area (TPSA) is 77.5 Å². The van der Waals surface area contributed by atoms with Crippen molar-refractivity contribution >= 4 is 11.6 Å². The van der Waals surface area contributed by atoms with E-state index in [4.69, 9.17) is 14.9 Å². The van der Waals surface area contributed by atoms with E-state index in [0.29, 0.717) is 22.8 Å². The standard InChI is InChI=1S/C13H14N2O3/c1-15-13(16)9-4-5-11(14)12(7-9)18-8-10-3-2-6-17-10/h2-7H,8,14H2,1H3,(H,15,16). The number of hydrogen-bond donors (Lipinski definition) is 2. The first-order valence-electron chi connectivity index (χ1n) is 5.47. The second kappa shape index (κ2) is 5.27. The SMILES string of the molecule is CNC(=O)c1ccc(N)c(OCc2ccco2)c1. The van der Waals surface area contributed by atoms with Crippen LogP contribution in [-0.2, 0) is 6.61 Å². The van der Waals surface area contributed by atoms with Gasteiger partial charge in [0.1, 0.15) is 18.1 Å². The first-order valence-corrected chi connectivity index (χ1v) is 5.47. The summed E-state index contributed by atoms with van der Waals surface area (Å²) >= 11 is 0. The monoisotopic (exact) mass is 246 g/mol. The number of nitrogens with one attached hydrogen (secondary N) is 1. The number of ether oxygens (including phenoxy) is 1. The summed E-state index contributed by atoms with van der Waals surface area (Å²) in [5.74, 6) is 0.977. The molecule has 0 fully saturated rings. The predicted octanol–water partition coefficient (Wildman–Crippen LogP) is 1.80. The maximum absolute atomic E-state index is 11.5. The summed E-state index contributed by atoms with van der Waals surface area (Å²) in [6, 6.07) is 8.48. The van der Waals surface area contributed by atoms with Crippen molar-refractivity contribution in [1.29, 1.82) is 0 Å². The lowest BCUT2D eigenvalue weighted by molar-refractivity contribution is 0.0962. The van der Waals surface area contributed by atoms with Gasteiger partial charge in [-0.2, -0.15) is 0 Å². The van der Waals surface area contributed by atoms with Gasteiger partial charge in [0.2, 0.25) is 0 Å². The van der Waals surface area contributed by atoms with Gasteiger partial charge in [-0.25, -0.2) is 0 Å². The van der Waals surface area contributed by atoms with Gasteiger partial charge in [0.25, 0.3) is 5.91 Å². The van der Waals surface area contributed by atoms with Crippen LogP contribution in [0, 0.1) is 0 Å². The number of benzene rings is 1. The van der Waals surface area contributed by atoms with Gasteiger partial charge in [-0.1, -0.05) is 0 Å². The highest BCUT2D eigenvalue weighted by Crippen LogP contribution is 2.23. The lowest BCUT2D eigenvalue weighted by Gasteiger charge is -2.09. The molecule has 0 atom stereocenters. The lowest BCUT2D eigenvalue weighted by atomic mass is 10.2. The fourth-order valence-electron chi connectivity index (χ4n) is 1.49.